The Hall–Kier alpha value is -2.08. The van der Waals surface area contributed by atoms with Gasteiger partial charge in [0, 0.05) is 12.7 Å². The first kappa shape index (κ1) is 13.9. The molecule has 0 aliphatic carbocycles. The number of carbonyl (C=O) groups is 1. The van der Waals surface area contributed by atoms with E-state index in [2.05, 4.69) is 28.5 Å². The van der Waals surface area contributed by atoms with Crippen molar-refractivity contribution in [2.24, 2.45) is 0 Å². The minimum Gasteiger partial charge on any atom is -0.459 e. The van der Waals surface area contributed by atoms with E-state index >= 15 is 0 Å². The molecule has 0 saturated heterocycles. The van der Waals surface area contributed by atoms with Crippen LogP contribution in [-0.2, 0) is 6.54 Å². The van der Waals surface area contributed by atoms with Gasteiger partial charge in [0.1, 0.15) is 0 Å². The SMILES string of the molecule is CN(C)CCC1CN(C(=O)c2ccco2)Cc2cncn21. The highest BCUT2D eigenvalue weighted by Crippen LogP contribution is 2.25. The first-order valence-electron chi connectivity index (χ1n) is 7.13. The van der Waals surface area contributed by atoms with Gasteiger partial charge in [-0.2, -0.15) is 0 Å². The summed E-state index contributed by atoms with van der Waals surface area (Å²) in [5, 5.41) is 0. The second kappa shape index (κ2) is 5.73. The van der Waals surface area contributed by atoms with Crippen LogP contribution >= 0.6 is 0 Å². The van der Waals surface area contributed by atoms with Gasteiger partial charge in [-0.25, -0.2) is 4.98 Å². The minimum absolute atomic E-state index is 0.0534. The van der Waals surface area contributed by atoms with E-state index in [1.54, 1.807) is 12.1 Å². The maximum absolute atomic E-state index is 12.5. The molecule has 6 heteroatoms. The zero-order valence-corrected chi connectivity index (χ0v) is 12.4. The molecule has 3 heterocycles. The molecule has 1 amide bonds. The molecule has 21 heavy (non-hydrogen) atoms. The van der Waals surface area contributed by atoms with Crippen LogP contribution in [0.1, 0.15) is 28.7 Å². The molecule has 0 saturated carbocycles. The van der Waals surface area contributed by atoms with Gasteiger partial charge in [0.05, 0.1) is 30.9 Å². The van der Waals surface area contributed by atoms with Gasteiger partial charge in [-0.05, 0) is 39.2 Å². The van der Waals surface area contributed by atoms with Crippen LogP contribution in [0, 0.1) is 0 Å². The fourth-order valence-electron chi connectivity index (χ4n) is 2.73. The summed E-state index contributed by atoms with van der Waals surface area (Å²) in [7, 11) is 4.12. The van der Waals surface area contributed by atoms with Gasteiger partial charge < -0.3 is 18.8 Å². The molecule has 112 valence electrons. The first-order valence-corrected chi connectivity index (χ1v) is 7.13. The average Bonchev–Trinajstić information content (AvgIpc) is 3.14. The normalized spacial score (nSPS) is 18.0. The van der Waals surface area contributed by atoms with Gasteiger partial charge in [0.15, 0.2) is 5.76 Å². The summed E-state index contributed by atoms with van der Waals surface area (Å²) in [5.41, 5.74) is 1.07. The van der Waals surface area contributed by atoms with E-state index in [0.717, 1.165) is 18.7 Å². The molecule has 0 bridgehead atoms. The number of aromatic nitrogens is 2. The molecule has 0 aromatic carbocycles. The molecule has 2 aromatic heterocycles. The number of amides is 1. The number of carbonyl (C=O) groups excluding carboxylic acids is 1. The average molecular weight is 288 g/mol. The number of furan rings is 1. The maximum atomic E-state index is 12.5. The number of hydrogen-bond acceptors (Lipinski definition) is 4. The number of imidazole rings is 1. The lowest BCUT2D eigenvalue weighted by Crippen LogP contribution is -2.41. The van der Waals surface area contributed by atoms with Crippen LogP contribution in [0.2, 0.25) is 0 Å². The Kier molecular flexibility index (Phi) is 3.79. The van der Waals surface area contributed by atoms with E-state index in [9.17, 15) is 4.79 Å². The van der Waals surface area contributed by atoms with Crippen molar-refractivity contribution >= 4 is 5.91 Å². The van der Waals surface area contributed by atoms with Crippen LogP contribution < -0.4 is 0 Å². The van der Waals surface area contributed by atoms with Crippen molar-refractivity contribution in [1.82, 2.24) is 19.4 Å². The van der Waals surface area contributed by atoms with Gasteiger partial charge in [-0.15, -0.1) is 0 Å². The molecular weight excluding hydrogens is 268 g/mol. The highest BCUT2D eigenvalue weighted by molar-refractivity contribution is 5.91. The molecule has 1 atom stereocenters. The van der Waals surface area contributed by atoms with Gasteiger partial charge >= 0.3 is 0 Å². The van der Waals surface area contributed by atoms with E-state index in [0.29, 0.717) is 18.8 Å². The van der Waals surface area contributed by atoms with Crippen LogP contribution in [0.15, 0.2) is 35.3 Å². The van der Waals surface area contributed by atoms with E-state index < -0.39 is 0 Å². The molecule has 3 rings (SSSR count). The topological polar surface area (TPSA) is 54.5 Å². The predicted octanol–water partition coefficient (Wildman–Crippen LogP) is 1.62. The third-order valence-corrected chi connectivity index (χ3v) is 3.85. The first-order chi connectivity index (χ1) is 10.1. The summed E-state index contributed by atoms with van der Waals surface area (Å²) < 4.78 is 7.42. The predicted molar refractivity (Wildman–Crippen MR) is 77.9 cm³/mol. The van der Waals surface area contributed by atoms with Crippen molar-refractivity contribution in [3.63, 3.8) is 0 Å². The number of fused-ring (bicyclic) bond motifs is 1. The Bertz CT molecular complexity index is 603. The second-order valence-electron chi connectivity index (χ2n) is 5.70. The number of nitrogens with zero attached hydrogens (tertiary/aromatic N) is 4. The van der Waals surface area contributed by atoms with Crippen LogP contribution in [0.25, 0.3) is 0 Å². The summed E-state index contributed by atoms with van der Waals surface area (Å²) in [6, 6.07) is 3.71. The highest BCUT2D eigenvalue weighted by atomic mass is 16.3. The largest absolute Gasteiger partial charge is 0.459 e. The molecular formula is C15H20N4O2. The lowest BCUT2D eigenvalue weighted by atomic mass is 10.1. The van der Waals surface area contributed by atoms with Gasteiger partial charge in [-0.1, -0.05) is 0 Å². The number of rotatable bonds is 4. The Labute approximate surface area is 124 Å². The van der Waals surface area contributed by atoms with E-state index in [-0.39, 0.29) is 11.9 Å². The molecule has 0 fully saturated rings. The molecule has 1 aliphatic heterocycles. The lowest BCUT2D eigenvalue weighted by molar-refractivity contribution is 0.0638. The van der Waals surface area contributed by atoms with Crippen LogP contribution in [0.5, 0.6) is 0 Å². The molecule has 0 N–H and O–H groups in total. The molecule has 0 spiro atoms. The van der Waals surface area contributed by atoms with Crippen LogP contribution in [-0.4, -0.2) is 52.4 Å². The van der Waals surface area contributed by atoms with Crippen molar-refractivity contribution in [3.05, 3.63) is 42.4 Å². The standard InChI is InChI=1S/C15H20N4O2/c1-17(2)6-5-12-9-18(10-13-8-16-11-19(12)13)15(20)14-4-3-7-21-14/h3-4,7-8,11-12H,5-6,9-10H2,1-2H3. The molecule has 1 unspecified atom stereocenters. The van der Waals surface area contributed by atoms with Crippen molar-refractivity contribution in [2.75, 3.05) is 27.2 Å². The van der Waals surface area contributed by atoms with Crippen LogP contribution in [0.3, 0.4) is 0 Å². The van der Waals surface area contributed by atoms with Gasteiger partial charge in [0.25, 0.3) is 5.91 Å². The van der Waals surface area contributed by atoms with Crippen molar-refractivity contribution in [1.29, 1.82) is 0 Å². The molecule has 1 aliphatic rings. The maximum Gasteiger partial charge on any atom is 0.289 e. The summed E-state index contributed by atoms with van der Waals surface area (Å²) in [6.07, 6.45) is 6.22. The van der Waals surface area contributed by atoms with Crippen LogP contribution in [0.4, 0.5) is 0 Å². The van der Waals surface area contributed by atoms with Gasteiger partial charge in [0.2, 0.25) is 0 Å². The smallest absolute Gasteiger partial charge is 0.289 e. The lowest BCUT2D eigenvalue weighted by Gasteiger charge is -2.34. The molecule has 2 aromatic rings. The van der Waals surface area contributed by atoms with Crippen molar-refractivity contribution < 1.29 is 9.21 Å². The Morgan fingerprint density at radius 3 is 3.10 bits per heavy atom. The quantitative estimate of drug-likeness (QED) is 0.858. The summed E-state index contributed by atoms with van der Waals surface area (Å²) >= 11 is 0. The third-order valence-electron chi connectivity index (χ3n) is 3.85. The zero-order valence-electron chi connectivity index (χ0n) is 12.4. The monoisotopic (exact) mass is 288 g/mol. The number of hydrogen-bond donors (Lipinski definition) is 0. The van der Waals surface area contributed by atoms with Gasteiger partial charge in [-0.3, -0.25) is 4.79 Å². The second-order valence-corrected chi connectivity index (χ2v) is 5.70. The fourth-order valence-corrected chi connectivity index (χ4v) is 2.73. The minimum atomic E-state index is -0.0534. The zero-order chi connectivity index (χ0) is 14.8. The highest BCUT2D eigenvalue weighted by Gasteiger charge is 2.29. The Balaban J connectivity index is 1.78. The summed E-state index contributed by atoms with van der Waals surface area (Å²) in [4.78, 5) is 20.7. The fraction of sp³-hybridized carbons (Fsp3) is 0.467. The van der Waals surface area contributed by atoms with E-state index in [4.69, 9.17) is 4.42 Å². The Morgan fingerprint density at radius 1 is 1.52 bits per heavy atom. The molecule has 6 nitrogen and oxygen atoms in total. The summed E-state index contributed by atoms with van der Waals surface area (Å²) in [6.45, 7) is 2.25. The summed E-state index contributed by atoms with van der Waals surface area (Å²) in [5.74, 6) is 0.344. The van der Waals surface area contributed by atoms with E-state index in [1.165, 1.54) is 6.26 Å². The van der Waals surface area contributed by atoms with Crippen molar-refractivity contribution in [2.45, 2.75) is 19.0 Å². The van der Waals surface area contributed by atoms with Crippen molar-refractivity contribution in [3.8, 4) is 0 Å². The van der Waals surface area contributed by atoms with E-state index in [1.807, 2.05) is 17.4 Å². The Morgan fingerprint density at radius 2 is 2.38 bits per heavy atom. The third kappa shape index (κ3) is 2.85. The molecule has 0 radical (unpaired) electrons.